The smallest absolute Gasteiger partial charge is 0.318 e. The van der Waals surface area contributed by atoms with Crippen LogP contribution in [-0.2, 0) is 4.79 Å². The van der Waals surface area contributed by atoms with Gasteiger partial charge in [0.2, 0.25) is 5.91 Å². The molecule has 0 radical (unpaired) electrons. The van der Waals surface area contributed by atoms with E-state index in [2.05, 4.69) is 10.6 Å². The Labute approximate surface area is 77.5 Å². The van der Waals surface area contributed by atoms with E-state index in [1.807, 2.05) is 0 Å². The number of urea groups is 1. The van der Waals surface area contributed by atoms with Crippen molar-refractivity contribution < 1.29 is 9.59 Å². The Balaban J connectivity index is 2.79. The van der Waals surface area contributed by atoms with Crippen molar-refractivity contribution in [1.29, 1.82) is 0 Å². The van der Waals surface area contributed by atoms with Crippen molar-refractivity contribution in [2.24, 2.45) is 0 Å². The van der Waals surface area contributed by atoms with Crippen LogP contribution in [0.1, 0.15) is 13.8 Å². The molecule has 1 saturated heterocycles. The molecule has 1 heterocycles. The number of carbonyl (C=O) groups excluding carboxylic acids is 2. The van der Waals surface area contributed by atoms with Gasteiger partial charge in [0.1, 0.15) is 5.54 Å². The molecule has 3 amide bonds. The molecule has 1 fully saturated rings. The quantitative estimate of drug-likeness (QED) is 0.611. The summed E-state index contributed by atoms with van der Waals surface area (Å²) in [4.78, 5) is 24.2. The van der Waals surface area contributed by atoms with Crippen molar-refractivity contribution in [2.75, 3.05) is 20.1 Å². The van der Waals surface area contributed by atoms with E-state index in [0.717, 1.165) is 0 Å². The van der Waals surface area contributed by atoms with Gasteiger partial charge in [-0.3, -0.25) is 4.79 Å². The van der Waals surface area contributed by atoms with Gasteiger partial charge in [0, 0.05) is 20.1 Å². The molecular formula is C8H15N3O2. The predicted octanol–water partition coefficient (Wildman–Crippen LogP) is -0.464. The highest BCUT2D eigenvalue weighted by Crippen LogP contribution is 2.16. The number of likely N-dealkylation sites (N-methyl/N-ethyl adjacent to an activating group) is 1. The number of nitrogens with zero attached hydrogens (tertiary/aromatic N) is 1. The molecule has 5 nitrogen and oxygen atoms in total. The highest BCUT2D eigenvalue weighted by atomic mass is 16.2. The standard InChI is InChI=1S/C8H15N3O2/c1-8(2,6(12)9-3)11-5-4-10-7(11)13/h4-5H2,1-3H3,(H,9,12)(H,10,13). The Kier molecular flexibility index (Phi) is 2.45. The van der Waals surface area contributed by atoms with E-state index in [-0.39, 0.29) is 11.9 Å². The van der Waals surface area contributed by atoms with Gasteiger partial charge in [-0.05, 0) is 13.8 Å². The van der Waals surface area contributed by atoms with Gasteiger partial charge in [0.05, 0.1) is 0 Å². The van der Waals surface area contributed by atoms with Crippen LogP contribution in [0.3, 0.4) is 0 Å². The molecular weight excluding hydrogens is 170 g/mol. The zero-order chi connectivity index (χ0) is 10.1. The average Bonchev–Trinajstić information content (AvgIpc) is 2.50. The fourth-order valence-corrected chi connectivity index (χ4v) is 1.43. The Hall–Kier alpha value is -1.26. The maximum Gasteiger partial charge on any atom is 0.318 e. The molecule has 1 rings (SSSR count). The Morgan fingerprint density at radius 2 is 2.23 bits per heavy atom. The van der Waals surface area contributed by atoms with Gasteiger partial charge < -0.3 is 15.5 Å². The van der Waals surface area contributed by atoms with E-state index in [9.17, 15) is 9.59 Å². The van der Waals surface area contributed by atoms with Crippen molar-refractivity contribution in [2.45, 2.75) is 19.4 Å². The third-order valence-corrected chi connectivity index (χ3v) is 2.31. The first-order chi connectivity index (χ1) is 6.00. The van der Waals surface area contributed by atoms with Crippen LogP contribution in [0, 0.1) is 0 Å². The van der Waals surface area contributed by atoms with Crippen molar-refractivity contribution in [1.82, 2.24) is 15.5 Å². The van der Waals surface area contributed by atoms with Gasteiger partial charge in [-0.25, -0.2) is 4.79 Å². The van der Waals surface area contributed by atoms with Crippen LogP contribution in [0.5, 0.6) is 0 Å². The maximum atomic E-state index is 11.4. The number of nitrogens with one attached hydrogen (secondary N) is 2. The summed E-state index contributed by atoms with van der Waals surface area (Å²) in [6.07, 6.45) is 0. The Morgan fingerprint density at radius 1 is 1.62 bits per heavy atom. The van der Waals surface area contributed by atoms with Crippen LogP contribution in [0.25, 0.3) is 0 Å². The van der Waals surface area contributed by atoms with Crippen LogP contribution in [-0.4, -0.2) is 42.5 Å². The monoisotopic (exact) mass is 185 g/mol. The zero-order valence-electron chi connectivity index (χ0n) is 8.18. The largest absolute Gasteiger partial charge is 0.357 e. The molecule has 0 unspecified atom stereocenters. The molecule has 0 bridgehead atoms. The summed E-state index contributed by atoms with van der Waals surface area (Å²) in [7, 11) is 1.57. The maximum absolute atomic E-state index is 11.4. The molecule has 1 aliphatic rings. The lowest BCUT2D eigenvalue weighted by atomic mass is 10.0. The third kappa shape index (κ3) is 1.59. The van der Waals surface area contributed by atoms with E-state index in [1.54, 1.807) is 20.9 Å². The first-order valence-electron chi connectivity index (χ1n) is 4.28. The summed E-state index contributed by atoms with van der Waals surface area (Å²) in [5.74, 6) is -0.149. The number of carbonyl (C=O) groups is 2. The van der Waals surface area contributed by atoms with Gasteiger partial charge in [-0.15, -0.1) is 0 Å². The highest BCUT2D eigenvalue weighted by molar-refractivity contribution is 5.90. The third-order valence-electron chi connectivity index (χ3n) is 2.31. The molecule has 13 heavy (non-hydrogen) atoms. The Bertz CT molecular complexity index is 238. The van der Waals surface area contributed by atoms with Crippen molar-refractivity contribution in [3.8, 4) is 0 Å². The lowest BCUT2D eigenvalue weighted by Gasteiger charge is -2.32. The molecule has 0 aliphatic carbocycles. The van der Waals surface area contributed by atoms with Crippen molar-refractivity contribution >= 4 is 11.9 Å². The molecule has 0 aromatic carbocycles. The van der Waals surface area contributed by atoms with Crippen LogP contribution in [0.4, 0.5) is 4.79 Å². The van der Waals surface area contributed by atoms with E-state index in [4.69, 9.17) is 0 Å². The number of hydrogen-bond donors (Lipinski definition) is 2. The molecule has 0 saturated carbocycles. The predicted molar refractivity (Wildman–Crippen MR) is 48.3 cm³/mol. The second kappa shape index (κ2) is 3.24. The van der Waals surface area contributed by atoms with E-state index in [0.29, 0.717) is 13.1 Å². The lowest BCUT2D eigenvalue weighted by molar-refractivity contribution is -0.129. The summed E-state index contributed by atoms with van der Waals surface area (Å²) < 4.78 is 0. The molecule has 0 aromatic rings. The molecule has 74 valence electrons. The van der Waals surface area contributed by atoms with Crippen LogP contribution >= 0.6 is 0 Å². The van der Waals surface area contributed by atoms with Crippen LogP contribution in [0.2, 0.25) is 0 Å². The summed E-state index contributed by atoms with van der Waals surface area (Å²) in [5.41, 5.74) is -0.769. The minimum Gasteiger partial charge on any atom is -0.357 e. The Morgan fingerprint density at radius 3 is 2.62 bits per heavy atom. The normalized spacial score (nSPS) is 17.2. The first-order valence-corrected chi connectivity index (χ1v) is 4.28. The molecule has 0 atom stereocenters. The minimum atomic E-state index is -0.769. The number of amides is 3. The van der Waals surface area contributed by atoms with E-state index < -0.39 is 5.54 Å². The zero-order valence-corrected chi connectivity index (χ0v) is 8.18. The van der Waals surface area contributed by atoms with Gasteiger partial charge in [-0.2, -0.15) is 0 Å². The van der Waals surface area contributed by atoms with Crippen molar-refractivity contribution in [3.05, 3.63) is 0 Å². The number of rotatable bonds is 2. The van der Waals surface area contributed by atoms with Gasteiger partial charge in [0.15, 0.2) is 0 Å². The molecule has 5 heteroatoms. The van der Waals surface area contributed by atoms with Crippen LogP contribution < -0.4 is 10.6 Å². The topological polar surface area (TPSA) is 61.4 Å². The first kappa shape index (κ1) is 9.83. The highest BCUT2D eigenvalue weighted by Gasteiger charge is 2.39. The van der Waals surface area contributed by atoms with Gasteiger partial charge in [0.25, 0.3) is 0 Å². The molecule has 0 spiro atoms. The van der Waals surface area contributed by atoms with Crippen LogP contribution in [0.15, 0.2) is 0 Å². The second-order valence-electron chi connectivity index (χ2n) is 3.52. The fourth-order valence-electron chi connectivity index (χ4n) is 1.43. The van der Waals surface area contributed by atoms with Gasteiger partial charge >= 0.3 is 6.03 Å². The fraction of sp³-hybridized carbons (Fsp3) is 0.750. The van der Waals surface area contributed by atoms with Crippen molar-refractivity contribution in [3.63, 3.8) is 0 Å². The molecule has 1 aliphatic heterocycles. The average molecular weight is 185 g/mol. The SMILES string of the molecule is CNC(=O)C(C)(C)N1CCNC1=O. The lowest BCUT2D eigenvalue weighted by Crippen LogP contribution is -2.55. The minimum absolute atomic E-state index is 0.149. The summed E-state index contributed by atoms with van der Waals surface area (Å²) in [6, 6.07) is -0.173. The van der Waals surface area contributed by atoms with Gasteiger partial charge in [-0.1, -0.05) is 0 Å². The molecule has 0 aromatic heterocycles. The molecule has 2 N–H and O–H groups in total. The van der Waals surface area contributed by atoms with E-state index >= 15 is 0 Å². The van der Waals surface area contributed by atoms with E-state index in [1.165, 1.54) is 4.90 Å². The second-order valence-corrected chi connectivity index (χ2v) is 3.52. The number of hydrogen-bond acceptors (Lipinski definition) is 2. The summed E-state index contributed by atoms with van der Waals surface area (Å²) >= 11 is 0. The summed E-state index contributed by atoms with van der Waals surface area (Å²) in [6.45, 7) is 4.66. The summed E-state index contributed by atoms with van der Waals surface area (Å²) in [5, 5.41) is 5.20.